The number of thiophene rings is 1. The molecule has 0 saturated heterocycles. The van der Waals surface area contributed by atoms with Crippen molar-refractivity contribution in [2.75, 3.05) is 33.4 Å². The van der Waals surface area contributed by atoms with E-state index in [1.54, 1.807) is 14.0 Å². The van der Waals surface area contributed by atoms with Crippen LogP contribution in [0.25, 0.3) is 0 Å². The van der Waals surface area contributed by atoms with Gasteiger partial charge in [-0.25, -0.2) is 8.42 Å². The molecule has 1 aromatic rings. The molecule has 0 aliphatic carbocycles. The number of hydrogen-bond acceptors (Lipinski definition) is 7. The summed E-state index contributed by atoms with van der Waals surface area (Å²) >= 11 is 0.738. The number of ether oxygens (including phenoxy) is 1. The topological polar surface area (TPSA) is 105 Å². The first-order valence-electron chi connectivity index (χ1n) is 8.77. The van der Waals surface area contributed by atoms with Gasteiger partial charge in [0.15, 0.2) is 0 Å². The summed E-state index contributed by atoms with van der Waals surface area (Å²) in [6.45, 7) is 6.61. The monoisotopic (exact) mass is 447 g/mol. The molecular weight excluding hydrogens is 422 g/mol. The first-order valence-corrected chi connectivity index (χ1v) is 12.5. The molecule has 0 aromatic carbocycles. The van der Waals surface area contributed by atoms with Crippen molar-refractivity contribution in [1.82, 2.24) is 9.62 Å². The molecule has 11 heteroatoms. The zero-order chi connectivity index (χ0) is 20.9. The highest BCUT2D eigenvalue weighted by Crippen LogP contribution is 2.40. The molecule has 0 saturated carbocycles. The number of nitrogens with one attached hydrogen (secondary N) is 1. The summed E-state index contributed by atoms with van der Waals surface area (Å²) in [5.41, 5.74) is 0.629. The summed E-state index contributed by atoms with van der Waals surface area (Å²) in [6.07, 6.45) is 0.555. The lowest BCUT2D eigenvalue weighted by molar-refractivity contribution is 0.185. The molecule has 0 radical (unpaired) electrons. The predicted octanol–water partition coefficient (Wildman–Crippen LogP) is 1.61. The van der Waals surface area contributed by atoms with Crippen molar-refractivity contribution in [3.63, 3.8) is 0 Å². The fraction of sp³-hybridized carbons (Fsp3) is 0.588. The van der Waals surface area contributed by atoms with E-state index in [1.807, 2.05) is 6.92 Å². The zero-order valence-corrected chi connectivity index (χ0v) is 18.8. The Balaban J connectivity index is 2.50. The quantitative estimate of drug-likeness (QED) is 0.369. The van der Waals surface area contributed by atoms with Gasteiger partial charge in [-0.05, 0) is 32.9 Å². The maximum Gasteiger partial charge on any atom is 0.292 e. The van der Waals surface area contributed by atoms with Gasteiger partial charge in [-0.15, -0.1) is 17.3 Å². The van der Waals surface area contributed by atoms with E-state index in [0.29, 0.717) is 31.7 Å². The average molecular weight is 448 g/mol. The van der Waals surface area contributed by atoms with Gasteiger partial charge in [-0.1, -0.05) is 12.8 Å². The third-order valence-electron chi connectivity index (χ3n) is 4.06. The molecule has 0 bridgehead atoms. The lowest BCUT2D eigenvalue weighted by atomic mass is 10.1. The molecule has 0 spiro atoms. The van der Waals surface area contributed by atoms with Crippen molar-refractivity contribution in [3.05, 3.63) is 11.6 Å². The van der Waals surface area contributed by atoms with Gasteiger partial charge in [-0.2, -0.15) is 17.1 Å². The van der Waals surface area contributed by atoms with Crippen LogP contribution in [0, 0.1) is 11.8 Å². The SMILES string of the molecule is CC#CC(C)=NS(=O)(=O)c1cc2c(s1)S(=O)(=O)N(CCCOC)C[C@@H]2NCC. The molecule has 0 amide bonds. The average Bonchev–Trinajstić information content (AvgIpc) is 3.07. The Bertz CT molecular complexity index is 1000. The smallest absolute Gasteiger partial charge is 0.292 e. The number of hydrogen-bond donors (Lipinski definition) is 1. The van der Waals surface area contributed by atoms with E-state index in [1.165, 1.54) is 17.3 Å². The van der Waals surface area contributed by atoms with E-state index >= 15 is 0 Å². The van der Waals surface area contributed by atoms with Crippen LogP contribution in [0.5, 0.6) is 0 Å². The minimum absolute atomic E-state index is 0.0510. The van der Waals surface area contributed by atoms with Gasteiger partial charge in [0, 0.05) is 38.4 Å². The second-order valence-corrected chi connectivity index (χ2v) is 11.2. The standard InChI is InChI=1S/C17H25N3O5S3/c1-5-8-13(3)19-27(21,22)16-11-14-15(18-6-2)12-20(9-7-10-25-4)28(23,24)17(14)26-16/h11,15,18H,6-7,9-10,12H2,1-4H3/t15-/m0/s1. The Morgan fingerprint density at radius 1 is 1.50 bits per heavy atom. The lowest BCUT2D eigenvalue weighted by Gasteiger charge is -2.32. The first kappa shape index (κ1) is 23.0. The highest BCUT2D eigenvalue weighted by molar-refractivity contribution is 7.94. The minimum Gasteiger partial charge on any atom is -0.385 e. The summed E-state index contributed by atoms with van der Waals surface area (Å²) < 4.78 is 61.3. The molecule has 8 nitrogen and oxygen atoms in total. The molecule has 2 heterocycles. The van der Waals surface area contributed by atoms with Crippen LogP contribution < -0.4 is 5.32 Å². The fourth-order valence-electron chi connectivity index (χ4n) is 2.90. The van der Waals surface area contributed by atoms with Crippen LogP contribution in [0.15, 0.2) is 18.9 Å². The Kier molecular flexibility index (Phi) is 7.78. The Hall–Kier alpha value is -1.29. The molecule has 0 fully saturated rings. The number of nitrogens with zero attached hydrogens (tertiary/aromatic N) is 2. The van der Waals surface area contributed by atoms with Crippen LogP contribution in [0.4, 0.5) is 0 Å². The minimum atomic E-state index is -4.03. The largest absolute Gasteiger partial charge is 0.385 e. The van der Waals surface area contributed by atoms with Gasteiger partial charge in [0.05, 0.1) is 0 Å². The molecule has 1 aliphatic rings. The molecular formula is C17H25N3O5S3. The summed E-state index contributed by atoms with van der Waals surface area (Å²) in [7, 11) is -6.25. The Labute approximate surface area is 171 Å². The van der Waals surface area contributed by atoms with Gasteiger partial charge >= 0.3 is 0 Å². The van der Waals surface area contributed by atoms with Crippen molar-refractivity contribution in [3.8, 4) is 11.8 Å². The maximum atomic E-state index is 13.0. The first-order chi connectivity index (χ1) is 13.2. The van der Waals surface area contributed by atoms with E-state index in [0.717, 1.165) is 11.3 Å². The molecule has 2 rings (SSSR count). The molecule has 1 aliphatic heterocycles. The molecule has 1 atom stereocenters. The van der Waals surface area contributed by atoms with Crippen molar-refractivity contribution in [2.45, 2.75) is 41.7 Å². The van der Waals surface area contributed by atoms with Crippen LogP contribution >= 0.6 is 11.3 Å². The maximum absolute atomic E-state index is 13.0. The Morgan fingerprint density at radius 2 is 2.21 bits per heavy atom. The van der Waals surface area contributed by atoms with Crippen LogP contribution in [0.3, 0.4) is 0 Å². The normalized spacial score (nSPS) is 19.7. The van der Waals surface area contributed by atoms with Crippen molar-refractivity contribution >= 4 is 37.1 Å². The summed E-state index contributed by atoms with van der Waals surface area (Å²) in [5, 5.41) is 3.24. The Morgan fingerprint density at radius 3 is 2.82 bits per heavy atom. The number of rotatable bonds is 8. The van der Waals surface area contributed by atoms with E-state index in [-0.39, 0.29) is 26.7 Å². The highest BCUT2D eigenvalue weighted by atomic mass is 32.3. The van der Waals surface area contributed by atoms with Crippen LogP contribution in [-0.2, 0) is 24.8 Å². The van der Waals surface area contributed by atoms with Crippen molar-refractivity contribution in [2.24, 2.45) is 4.40 Å². The van der Waals surface area contributed by atoms with Crippen molar-refractivity contribution in [1.29, 1.82) is 0 Å². The zero-order valence-electron chi connectivity index (χ0n) is 16.4. The number of sulfonamides is 2. The van der Waals surface area contributed by atoms with Gasteiger partial charge in [0.1, 0.15) is 14.1 Å². The molecule has 28 heavy (non-hydrogen) atoms. The fourth-order valence-corrected chi connectivity index (χ4v) is 7.76. The summed E-state index contributed by atoms with van der Waals surface area (Å²) in [5.74, 6) is 5.18. The molecule has 1 N–H and O–H groups in total. The van der Waals surface area contributed by atoms with E-state index in [4.69, 9.17) is 4.74 Å². The predicted molar refractivity (Wildman–Crippen MR) is 110 cm³/mol. The van der Waals surface area contributed by atoms with E-state index in [9.17, 15) is 16.8 Å². The molecule has 156 valence electrons. The third kappa shape index (κ3) is 5.00. The van der Waals surface area contributed by atoms with Gasteiger partial charge in [-0.3, -0.25) is 0 Å². The second kappa shape index (κ2) is 9.47. The van der Waals surface area contributed by atoms with Crippen LogP contribution in [0.2, 0.25) is 0 Å². The number of likely N-dealkylation sites (N-methyl/N-ethyl adjacent to an activating group) is 1. The number of methoxy groups -OCH3 is 1. The van der Waals surface area contributed by atoms with E-state index in [2.05, 4.69) is 21.6 Å². The van der Waals surface area contributed by atoms with Gasteiger partial charge in [0.25, 0.3) is 20.0 Å². The summed E-state index contributed by atoms with van der Waals surface area (Å²) in [4.78, 5) is 0. The lowest BCUT2D eigenvalue weighted by Crippen LogP contribution is -2.43. The summed E-state index contributed by atoms with van der Waals surface area (Å²) in [6, 6.07) is 1.13. The molecule has 1 aromatic heterocycles. The third-order valence-corrected chi connectivity index (χ3v) is 9.42. The van der Waals surface area contributed by atoms with Crippen molar-refractivity contribution < 1.29 is 21.6 Å². The van der Waals surface area contributed by atoms with Gasteiger partial charge < -0.3 is 10.1 Å². The van der Waals surface area contributed by atoms with Crippen LogP contribution in [-0.4, -0.2) is 60.2 Å². The van der Waals surface area contributed by atoms with E-state index < -0.39 is 20.0 Å². The molecule has 0 unspecified atom stereocenters. The van der Waals surface area contributed by atoms with Crippen LogP contribution in [0.1, 0.15) is 38.8 Å². The van der Waals surface area contributed by atoms with Gasteiger partial charge in [0.2, 0.25) is 0 Å². The highest BCUT2D eigenvalue weighted by Gasteiger charge is 2.39. The second-order valence-electron chi connectivity index (χ2n) is 6.15. The number of fused-ring (bicyclic) bond motifs is 1.